The Hall–Kier alpha value is -0.900. The molecular weight excluding hydrogens is 178 g/mol. The number of nitrogens with one attached hydrogen (secondary N) is 1. The van der Waals surface area contributed by atoms with Crippen molar-refractivity contribution in [2.24, 2.45) is 0 Å². The van der Waals surface area contributed by atoms with Crippen molar-refractivity contribution in [3.8, 4) is 0 Å². The van der Waals surface area contributed by atoms with Crippen molar-refractivity contribution in [3.05, 3.63) is 35.4 Å². The molecule has 1 aliphatic carbocycles. The maximum absolute atomic E-state index is 5.62. The number of likely N-dealkylation sites (N-methyl/N-ethyl adjacent to an activating group) is 1. The summed E-state index contributed by atoms with van der Waals surface area (Å²) in [5, 5.41) is 3.25. The third kappa shape index (κ3) is 0.869. The number of ether oxygens (including phenoxy) is 2. The second-order valence-corrected chi connectivity index (χ2v) is 3.78. The molecule has 1 aromatic rings. The summed E-state index contributed by atoms with van der Waals surface area (Å²) in [7, 11) is 1.95. The molecule has 3 nitrogen and oxygen atoms in total. The molecule has 3 rings (SSSR count). The molecule has 74 valence electrons. The topological polar surface area (TPSA) is 30.5 Å². The van der Waals surface area contributed by atoms with Crippen LogP contribution in [0.25, 0.3) is 0 Å². The van der Waals surface area contributed by atoms with E-state index in [4.69, 9.17) is 9.47 Å². The van der Waals surface area contributed by atoms with Gasteiger partial charge in [-0.2, -0.15) is 0 Å². The monoisotopic (exact) mass is 191 g/mol. The van der Waals surface area contributed by atoms with Gasteiger partial charge in [0.25, 0.3) is 0 Å². The highest BCUT2D eigenvalue weighted by molar-refractivity contribution is 5.39. The molecule has 1 aliphatic heterocycles. The van der Waals surface area contributed by atoms with E-state index in [9.17, 15) is 0 Å². The van der Waals surface area contributed by atoms with Crippen LogP contribution in [0, 0.1) is 0 Å². The maximum atomic E-state index is 5.62. The smallest absolute Gasteiger partial charge is 0.215 e. The molecule has 1 spiro atoms. The Labute approximate surface area is 83.0 Å². The number of benzene rings is 1. The molecule has 1 aromatic carbocycles. The predicted molar refractivity (Wildman–Crippen MR) is 51.7 cm³/mol. The Bertz CT molecular complexity index is 360. The Kier molecular flexibility index (Phi) is 1.68. The average molecular weight is 191 g/mol. The van der Waals surface area contributed by atoms with Crippen LogP contribution in [-0.2, 0) is 21.7 Å². The van der Waals surface area contributed by atoms with Crippen LogP contribution < -0.4 is 5.32 Å². The van der Waals surface area contributed by atoms with Crippen molar-refractivity contribution < 1.29 is 9.47 Å². The number of rotatable bonds is 1. The quantitative estimate of drug-likeness (QED) is 0.718. The molecule has 3 heteroatoms. The predicted octanol–water partition coefficient (Wildman–Crippen LogP) is 0.988. The van der Waals surface area contributed by atoms with E-state index in [-0.39, 0.29) is 6.04 Å². The van der Waals surface area contributed by atoms with Gasteiger partial charge in [-0.1, -0.05) is 24.3 Å². The van der Waals surface area contributed by atoms with E-state index in [2.05, 4.69) is 23.5 Å². The summed E-state index contributed by atoms with van der Waals surface area (Å²) in [6.45, 7) is 0.409. The number of hydrogen-bond donors (Lipinski definition) is 1. The highest BCUT2D eigenvalue weighted by Gasteiger charge is 2.53. The van der Waals surface area contributed by atoms with Gasteiger partial charge < -0.3 is 14.8 Å². The summed E-state index contributed by atoms with van der Waals surface area (Å²) >= 11 is 0. The van der Waals surface area contributed by atoms with Crippen LogP contribution >= 0.6 is 0 Å². The van der Waals surface area contributed by atoms with Crippen LogP contribution in [0.1, 0.15) is 11.1 Å². The molecule has 0 amide bonds. The summed E-state index contributed by atoms with van der Waals surface area (Å²) in [6.07, 6.45) is 0.979. The van der Waals surface area contributed by atoms with Crippen LogP contribution in [0.2, 0.25) is 0 Å². The van der Waals surface area contributed by atoms with Gasteiger partial charge in [0.1, 0.15) is 0 Å². The highest BCUT2D eigenvalue weighted by Crippen LogP contribution is 2.45. The molecule has 0 saturated carbocycles. The fourth-order valence-corrected chi connectivity index (χ4v) is 2.41. The molecule has 0 bridgehead atoms. The van der Waals surface area contributed by atoms with E-state index < -0.39 is 5.79 Å². The van der Waals surface area contributed by atoms with Crippen molar-refractivity contribution in [2.75, 3.05) is 13.8 Å². The van der Waals surface area contributed by atoms with E-state index in [1.165, 1.54) is 11.1 Å². The van der Waals surface area contributed by atoms with Crippen molar-refractivity contribution in [3.63, 3.8) is 0 Å². The maximum Gasteiger partial charge on any atom is 0.215 e. The lowest BCUT2D eigenvalue weighted by molar-refractivity contribution is -0.415. The van der Waals surface area contributed by atoms with Crippen LogP contribution in [0.15, 0.2) is 24.3 Å². The zero-order valence-electron chi connectivity index (χ0n) is 8.12. The Morgan fingerprint density at radius 1 is 1.36 bits per heavy atom. The second-order valence-electron chi connectivity index (χ2n) is 3.78. The lowest BCUT2D eigenvalue weighted by Crippen LogP contribution is -2.55. The molecule has 1 fully saturated rings. The SMILES string of the molecule is CNC1Cc2ccccc2C12OCO2. The fourth-order valence-electron chi connectivity index (χ4n) is 2.41. The van der Waals surface area contributed by atoms with Crippen LogP contribution in [0.4, 0.5) is 0 Å². The lowest BCUT2D eigenvalue weighted by atomic mass is 10.0. The highest BCUT2D eigenvalue weighted by atomic mass is 16.9. The fraction of sp³-hybridized carbons (Fsp3) is 0.455. The van der Waals surface area contributed by atoms with Gasteiger partial charge in [0.2, 0.25) is 5.79 Å². The van der Waals surface area contributed by atoms with E-state index in [1.54, 1.807) is 0 Å². The van der Waals surface area contributed by atoms with Gasteiger partial charge in [-0.3, -0.25) is 0 Å². The third-order valence-electron chi connectivity index (χ3n) is 3.17. The third-order valence-corrected chi connectivity index (χ3v) is 3.17. The number of fused-ring (bicyclic) bond motifs is 2. The van der Waals surface area contributed by atoms with E-state index >= 15 is 0 Å². The molecule has 2 aliphatic rings. The summed E-state index contributed by atoms with van der Waals surface area (Å²) in [4.78, 5) is 0. The van der Waals surface area contributed by atoms with Crippen LogP contribution in [-0.4, -0.2) is 19.9 Å². The average Bonchev–Trinajstić information content (AvgIpc) is 2.50. The van der Waals surface area contributed by atoms with E-state index in [1.807, 2.05) is 13.1 Å². The Balaban J connectivity index is 2.09. The van der Waals surface area contributed by atoms with Gasteiger partial charge in [-0.05, 0) is 19.0 Å². The normalized spacial score (nSPS) is 27.4. The summed E-state index contributed by atoms with van der Waals surface area (Å²) in [5.41, 5.74) is 2.51. The number of hydrogen-bond acceptors (Lipinski definition) is 3. The molecule has 14 heavy (non-hydrogen) atoms. The minimum absolute atomic E-state index is 0.244. The molecular formula is C11H13NO2. The lowest BCUT2D eigenvalue weighted by Gasteiger charge is -2.43. The van der Waals surface area contributed by atoms with Gasteiger partial charge in [0.05, 0.1) is 6.04 Å². The molecule has 1 saturated heterocycles. The van der Waals surface area contributed by atoms with Gasteiger partial charge >= 0.3 is 0 Å². The first-order valence-electron chi connectivity index (χ1n) is 4.90. The summed E-state index contributed by atoms with van der Waals surface area (Å²) < 4.78 is 11.2. The molecule has 1 atom stereocenters. The standard InChI is InChI=1S/C11H13NO2/c1-12-10-6-8-4-2-3-5-9(8)11(10)13-7-14-11/h2-5,10,12H,6-7H2,1H3. The summed E-state index contributed by atoms with van der Waals surface area (Å²) in [6, 6.07) is 8.56. The minimum Gasteiger partial charge on any atom is -0.318 e. The summed E-state index contributed by atoms with van der Waals surface area (Å²) in [5.74, 6) is -0.495. The van der Waals surface area contributed by atoms with Gasteiger partial charge in [0, 0.05) is 5.56 Å². The van der Waals surface area contributed by atoms with Gasteiger partial charge in [0.15, 0.2) is 6.79 Å². The first kappa shape index (κ1) is 8.41. The van der Waals surface area contributed by atoms with Crippen molar-refractivity contribution in [1.29, 1.82) is 0 Å². The molecule has 0 aromatic heterocycles. The van der Waals surface area contributed by atoms with Crippen LogP contribution in [0.5, 0.6) is 0 Å². The Morgan fingerprint density at radius 2 is 2.14 bits per heavy atom. The first-order chi connectivity index (χ1) is 6.87. The van der Waals surface area contributed by atoms with E-state index in [0.717, 1.165) is 6.42 Å². The van der Waals surface area contributed by atoms with Crippen molar-refractivity contribution in [1.82, 2.24) is 5.32 Å². The van der Waals surface area contributed by atoms with Crippen LogP contribution in [0.3, 0.4) is 0 Å². The molecule has 1 unspecified atom stereocenters. The Morgan fingerprint density at radius 3 is 2.79 bits per heavy atom. The van der Waals surface area contributed by atoms with Gasteiger partial charge in [-0.25, -0.2) is 0 Å². The second kappa shape index (κ2) is 2.79. The van der Waals surface area contributed by atoms with Gasteiger partial charge in [-0.15, -0.1) is 0 Å². The zero-order valence-corrected chi connectivity index (χ0v) is 8.12. The van der Waals surface area contributed by atoms with Crippen molar-refractivity contribution >= 4 is 0 Å². The first-order valence-corrected chi connectivity index (χ1v) is 4.90. The molecule has 0 radical (unpaired) electrons. The molecule has 1 N–H and O–H groups in total. The largest absolute Gasteiger partial charge is 0.318 e. The van der Waals surface area contributed by atoms with Crippen molar-refractivity contribution in [2.45, 2.75) is 18.2 Å². The van der Waals surface area contributed by atoms with E-state index in [0.29, 0.717) is 6.79 Å². The minimum atomic E-state index is -0.495. The zero-order chi connectivity index (χ0) is 9.60. The molecule has 1 heterocycles.